The average molecular weight is 298 g/mol. The third kappa shape index (κ3) is 3.91. The van der Waals surface area contributed by atoms with Gasteiger partial charge >= 0.3 is 0 Å². The van der Waals surface area contributed by atoms with Gasteiger partial charge in [0.05, 0.1) is 5.54 Å². The lowest BCUT2D eigenvalue weighted by Gasteiger charge is -2.31. The summed E-state index contributed by atoms with van der Waals surface area (Å²) in [4.78, 5) is 11.9. The van der Waals surface area contributed by atoms with Crippen molar-refractivity contribution in [3.8, 4) is 0 Å². The van der Waals surface area contributed by atoms with E-state index < -0.39 is 5.54 Å². The molecule has 0 spiro atoms. The molecule has 0 aromatic rings. The Hall–Kier alpha value is -0.220. The summed E-state index contributed by atoms with van der Waals surface area (Å²) in [6, 6.07) is 0.306. The van der Waals surface area contributed by atoms with Gasteiger partial charge in [-0.25, -0.2) is 0 Å². The highest BCUT2D eigenvalue weighted by atomic mass is 32.2. The summed E-state index contributed by atoms with van der Waals surface area (Å²) < 4.78 is 0. The topological polar surface area (TPSA) is 55.1 Å². The Labute approximate surface area is 127 Å². The number of rotatable bonds is 5. The molecule has 0 aliphatic heterocycles. The van der Waals surface area contributed by atoms with E-state index in [2.05, 4.69) is 37.8 Å². The van der Waals surface area contributed by atoms with Crippen molar-refractivity contribution in [3.05, 3.63) is 0 Å². The second-order valence-corrected chi connectivity index (χ2v) is 8.75. The number of nitrogens with one attached hydrogen (secondary N) is 1. The number of carbonyl (C=O) groups excluding carboxylic acids is 1. The van der Waals surface area contributed by atoms with E-state index in [1.807, 2.05) is 0 Å². The van der Waals surface area contributed by atoms with Gasteiger partial charge in [0, 0.05) is 16.5 Å². The molecule has 2 rings (SSSR count). The zero-order valence-corrected chi connectivity index (χ0v) is 14.0. The van der Waals surface area contributed by atoms with Gasteiger partial charge in [0.25, 0.3) is 0 Å². The molecule has 4 atom stereocenters. The fourth-order valence-electron chi connectivity index (χ4n) is 3.87. The van der Waals surface area contributed by atoms with Crippen LogP contribution in [-0.4, -0.2) is 28.0 Å². The fourth-order valence-corrected chi connectivity index (χ4v) is 5.79. The highest BCUT2D eigenvalue weighted by molar-refractivity contribution is 8.00. The third-order valence-corrected chi connectivity index (χ3v) is 6.38. The first-order valence-corrected chi connectivity index (χ1v) is 9.08. The Balaban J connectivity index is 1.91. The molecule has 2 aliphatic rings. The Morgan fingerprint density at radius 3 is 2.65 bits per heavy atom. The molecule has 116 valence electrons. The van der Waals surface area contributed by atoms with Gasteiger partial charge in [-0.05, 0) is 51.9 Å². The highest BCUT2D eigenvalue weighted by Crippen LogP contribution is 2.42. The van der Waals surface area contributed by atoms with Gasteiger partial charge in [-0.2, -0.15) is 11.8 Å². The summed E-state index contributed by atoms with van der Waals surface area (Å²) in [6.45, 7) is 6.55. The number of amides is 1. The molecule has 0 aromatic carbocycles. The normalized spacial score (nSPS) is 38.3. The molecule has 4 unspecified atom stereocenters. The molecule has 0 radical (unpaired) electrons. The molecule has 0 heterocycles. The van der Waals surface area contributed by atoms with Crippen LogP contribution in [0.4, 0.5) is 0 Å². The first-order valence-electron chi connectivity index (χ1n) is 8.14. The van der Waals surface area contributed by atoms with E-state index in [0.717, 1.165) is 30.4 Å². The van der Waals surface area contributed by atoms with E-state index >= 15 is 0 Å². The lowest BCUT2D eigenvalue weighted by atomic mass is 9.91. The quantitative estimate of drug-likeness (QED) is 0.820. The predicted molar refractivity (Wildman–Crippen MR) is 86.8 cm³/mol. The van der Waals surface area contributed by atoms with Gasteiger partial charge < -0.3 is 11.1 Å². The van der Waals surface area contributed by atoms with Crippen LogP contribution in [0.1, 0.15) is 65.7 Å². The Morgan fingerprint density at radius 2 is 2.05 bits per heavy atom. The minimum absolute atomic E-state index is 0.161. The molecule has 2 saturated carbocycles. The fraction of sp³-hybridized carbons (Fsp3) is 0.938. The molecule has 2 fully saturated rings. The molecule has 3 N–H and O–H groups in total. The van der Waals surface area contributed by atoms with Crippen LogP contribution in [0.5, 0.6) is 0 Å². The summed E-state index contributed by atoms with van der Waals surface area (Å²) in [5.41, 5.74) is 5.24. The number of hydrogen-bond donors (Lipinski definition) is 2. The maximum atomic E-state index is 11.9. The predicted octanol–water partition coefficient (Wildman–Crippen LogP) is 3.07. The van der Waals surface area contributed by atoms with E-state index in [1.54, 1.807) is 0 Å². The van der Waals surface area contributed by atoms with Crippen molar-refractivity contribution in [3.63, 3.8) is 0 Å². The van der Waals surface area contributed by atoms with E-state index in [9.17, 15) is 4.79 Å². The van der Waals surface area contributed by atoms with E-state index in [1.165, 1.54) is 25.7 Å². The molecule has 0 saturated heterocycles. The summed E-state index contributed by atoms with van der Waals surface area (Å²) in [7, 11) is 0. The second kappa shape index (κ2) is 6.69. The Bertz CT molecular complexity index is 347. The van der Waals surface area contributed by atoms with Crippen LogP contribution in [-0.2, 0) is 4.79 Å². The van der Waals surface area contributed by atoms with Gasteiger partial charge in [-0.15, -0.1) is 0 Å². The molecule has 20 heavy (non-hydrogen) atoms. The van der Waals surface area contributed by atoms with Gasteiger partial charge in [0.15, 0.2) is 0 Å². The van der Waals surface area contributed by atoms with Gasteiger partial charge in [-0.1, -0.05) is 19.8 Å². The minimum atomic E-state index is -0.452. The lowest BCUT2D eigenvalue weighted by molar-refractivity contribution is -0.124. The summed E-state index contributed by atoms with van der Waals surface area (Å²) in [6.07, 6.45) is 8.41. The van der Waals surface area contributed by atoms with Crippen molar-refractivity contribution in [2.45, 2.75) is 87.8 Å². The van der Waals surface area contributed by atoms with E-state index in [-0.39, 0.29) is 5.91 Å². The minimum Gasteiger partial charge on any atom is -0.368 e. The van der Waals surface area contributed by atoms with Gasteiger partial charge in [-0.3, -0.25) is 4.79 Å². The molecule has 0 bridgehead atoms. The summed E-state index contributed by atoms with van der Waals surface area (Å²) in [5.74, 6) is 0.712. The van der Waals surface area contributed by atoms with Crippen molar-refractivity contribution in [2.24, 2.45) is 11.7 Å². The van der Waals surface area contributed by atoms with Crippen LogP contribution >= 0.6 is 11.8 Å². The van der Waals surface area contributed by atoms with E-state index in [4.69, 9.17) is 5.73 Å². The largest absolute Gasteiger partial charge is 0.368 e. The second-order valence-electron chi connectivity index (χ2n) is 7.14. The zero-order chi connectivity index (χ0) is 14.8. The number of thioether (sulfide) groups is 1. The van der Waals surface area contributed by atoms with Crippen LogP contribution in [0, 0.1) is 5.92 Å². The molecule has 2 aliphatic carbocycles. The highest BCUT2D eigenvalue weighted by Gasteiger charge is 2.45. The average Bonchev–Trinajstić information content (AvgIpc) is 2.72. The maximum absolute atomic E-state index is 11.9. The van der Waals surface area contributed by atoms with Crippen LogP contribution in [0.15, 0.2) is 0 Å². The van der Waals surface area contributed by atoms with Crippen LogP contribution in [0.2, 0.25) is 0 Å². The van der Waals surface area contributed by atoms with Gasteiger partial charge in [0.1, 0.15) is 0 Å². The van der Waals surface area contributed by atoms with E-state index in [0.29, 0.717) is 11.3 Å². The van der Waals surface area contributed by atoms with Crippen molar-refractivity contribution in [1.82, 2.24) is 5.32 Å². The zero-order valence-electron chi connectivity index (χ0n) is 13.2. The molecular weight excluding hydrogens is 268 g/mol. The Kier molecular flexibility index (Phi) is 5.41. The summed E-state index contributed by atoms with van der Waals surface area (Å²) in [5, 5.41) is 4.84. The first-order chi connectivity index (χ1) is 9.41. The monoisotopic (exact) mass is 298 g/mol. The number of primary amides is 1. The number of hydrogen-bond acceptors (Lipinski definition) is 3. The van der Waals surface area contributed by atoms with Crippen molar-refractivity contribution in [1.29, 1.82) is 0 Å². The number of nitrogens with two attached hydrogens (primary N) is 1. The molecule has 4 heteroatoms. The molecule has 3 nitrogen and oxygen atoms in total. The van der Waals surface area contributed by atoms with Crippen molar-refractivity contribution < 1.29 is 4.79 Å². The van der Waals surface area contributed by atoms with Crippen molar-refractivity contribution in [2.75, 3.05) is 0 Å². The smallest absolute Gasteiger partial charge is 0.237 e. The lowest BCUT2D eigenvalue weighted by Crippen LogP contribution is -2.56. The Morgan fingerprint density at radius 1 is 1.30 bits per heavy atom. The van der Waals surface area contributed by atoms with Crippen molar-refractivity contribution >= 4 is 17.7 Å². The van der Waals surface area contributed by atoms with Gasteiger partial charge in [0.2, 0.25) is 5.91 Å². The maximum Gasteiger partial charge on any atom is 0.237 e. The third-order valence-electron chi connectivity index (χ3n) is 4.78. The standard InChI is InChI=1S/C16H30N2OS/c1-11(2)18-16(15(17)19)8-7-14(10-16)20-13-6-4-5-12(3)9-13/h11-14,18H,4-10H2,1-3H3,(H2,17,19). The van der Waals surface area contributed by atoms with Crippen LogP contribution < -0.4 is 11.1 Å². The van der Waals surface area contributed by atoms with Crippen LogP contribution in [0.3, 0.4) is 0 Å². The first kappa shape index (κ1) is 16.2. The number of carbonyl (C=O) groups is 1. The molecule has 1 amide bonds. The summed E-state index contributed by atoms with van der Waals surface area (Å²) >= 11 is 2.13. The SMILES string of the molecule is CC1CCCC(SC2CCC(NC(C)C)(C(N)=O)C2)C1. The van der Waals surface area contributed by atoms with Crippen LogP contribution in [0.25, 0.3) is 0 Å². The molecule has 0 aromatic heterocycles. The molecular formula is C16H30N2OS.